The molecule has 1 aromatic heterocycles. The maximum atomic E-state index is 12.3. The largest absolute Gasteiger partial charge is 0.481 e. The van der Waals surface area contributed by atoms with Crippen LogP contribution in [-0.2, 0) is 11.3 Å². The van der Waals surface area contributed by atoms with Crippen LogP contribution in [-0.4, -0.2) is 40.1 Å². The van der Waals surface area contributed by atoms with Gasteiger partial charge < -0.3 is 15.3 Å². The van der Waals surface area contributed by atoms with Gasteiger partial charge in [-0.15, -0.1) is 0 Å². The molecule has 0 spiro atoms. The monoisotopic (exact) mass is 303 g/mol. The Morgan fingerprint density at radius 3 is 3.05 bits per heavy atom. The van der Waals surface area contributed by atoms with E-state index < -0.39 is 11.4 Å². The zero-order valence-corrected chi connectivity index (χ0v) is 12.7. The normalized spacial score (nSPS) is 26.8. The Morgan fingerprint density at radius 2 is 2.36 bits per heavy atom. The molecule has 1 aliphatic heterocycles. The molecule has 3 rings (SSSR count). The van der Waals surface area contributed by atoms with Crippen LogP contribution in [0.2, 0.25) is 0 Å². The molecule has 6 nitrogen and oxygen atoms in total. The van der Waals surface area contributed by atoms with E-state index in [4.69, 9.17) is 0 Å². The lowest BCUT2D eigenvalue weighted by Crippen LogP contribution is -2.41. The van der Waals surface area contributed by atoms with Gasteiger partial charge in [0.15, 0.2) is 0 Å². The van der Waals surface area contributed by atoms with Gasteiger partial charge in [-0.3, -0.25) is 9.78 Å². The van der Waals surface area contributed by atoms with E-state index in [1.165, 1.54) is 0 Å². The molecule has 1 saturated carbocycles. The smallest absolute Gasteiger partial charge is 0.317 e. The van der Waals surface area contributed by atoms with Crippen LogP contribution in [0.1, 0.15) is 30.5 Å². The van der Waals surface area contributed by atoms with E-state index in [0.717, 1.165) is 24.1 Å². The number of aromatic nitrogens is 1. The molecule has 6 heteroatoms. The van der Waals surface area contributed by atoms with Crippen LogP contribution in [0.4, 0.5) is 4.79 Å². The SMILES string of the molecule is Cc1ccnc(CNC(=O)N2C[C@@H]3CCC[C@@]3(C(=O)O)C2)c1. The molecular weight excluding hydrogens is 282 g/mol. The number of pyridine rings is 1. The summed E-state index contributed by atoms with van der Waals surface area (Å²) in [5.41, 5.74) is 1.18. The third-order valence-corrected chi connectivity index (χ3v) is 4.98. The summed E-state index contributed by atoms with van der Waals surface area (Å²) in [7, 11) is 0. The molecule has 2 fully saturated rings. The number of carboxylic acid groups (broad SMARTS) is 1. The van der Waals surface area contributed by atoms with Gasteiger partial charge in [-0.1, -0.05) is 6.42 Å². The fourth-order valence-corrected chi connectivity index (χ4v) is 3.77. The van der Waals surface area contributed by atoms with Crippen LogP contribution in [0, 0.1) is 18.3 Å². The molecule has 2 N–H and O–H groups in total. The van der Waals surface area contributed by atoms with Gasteiger partial charge in [0.05, 0.1) is 17.7 Å². The minimum Gasteiger partial charge on any atom is -0.481 e. The number of carbonyl (C=O) groups is 2. The van der Waals surface area contributed by atoms with Crippen molar-refractivity contribution in [3.63, 3.8) is 0 Å². The van der Waals surface area contributed by atoms with Crippen molar-refractivity contribution in [2.24, 2.45) is 11.3 Å². The van der Waals surface area contributed by atoms with E-state index in [9.17, 15) is 14.7 Å². The fourth-order valence-electron chi connectivity index (χ4n) is 3.77. The molecule has 2 amide bonds. The quantitative estimate of drug-likeness (QED) is 0.892. The topological polar surface area (TPSA) is 82.5 Å². The summed E-state index contributed by atoms with van der Waals surface area (Å²) in [5, 5.41) is 12.4. The maximum absolute atomic E-state index is 12.3. The molecule has 2 heterocycles. The van der Waals surface area contributed by atoms with Crippen molar-refractivity contribution in [3.05, 3.63) is 29.6 Å². The molecule has 0 bridgehead atoms. The van der Waals surface area contributed by atoms with Crippen molar-refractivity contribution in [1.82, 2.24) is 15.2 Å². The highest BCUT2D eigenvalue weighted by Crippen LogP contribution is 2.48. The molecule has 0 unspecified atom stereocenters. The Bertz CT molecular complexity index is 604. The average Bonchev–Trinajstić information content (AvgIpc) is 3.02. The van der Waals surface area contributed by atoms with E-state index in [1.807, 2.05) is 19.1 Å². The summed E-state index contributed by atoms with van der Waals surface area (Å²) in [5.74, 6) is -0.668. The maximum Gasteiger partial charge on any atom is 0.317 e. The second kappa shape index (κ2) is 5.59. The lowest BCUT2D eigenvalue weighted by atomic mass is 9.81. The molecule has 1 aromatic rings. The molecule has 0 aromatic carbocycles. The third kappa shape index (κ3) is 2.53. The Balaban J connectivity index is 1.61. The minimum absolute atomic E-state index is 0.0906. The summed E-state index contributed by atoms with van der Waals surface area (Å²) < 4.78 is 0. The first-order chi connectivity index (χ1) is 10.5. The van der Waals surface area contributed by atoms with Gasteiger partial charge in [-0.2, -0.15) is 0 Å². The second-order valence-corrected chi connectivity index (χ2v) is 6.41. The number of aliphatic carboxylic acids is 1. The van der Waals surface area contributed by atoms with Gasteiger partial charge >= 0.3 is 12.0 Å². The van der Waals surface area contributed by atoms with Crippen LogP contribution in [0.25, 0.3) is 0 Å². The molecule has 1 saturated heterocycles. The van der Waals surface area contributed by atoms with Crippen LogP contribution in [0.3, 0.4) is 0 Å². The predicted octanol–water partition coefficient (Wildman–Crippen LogP) is 1.79. The number of nitrogens with one attached hydrogen (secondary N) is 1. The third-order valence-electron chi connectivity index (χ3n) is 4.98. The Kier molecular flexibility index (Phi) is 3.76. The first-order valence-corrected chi connectivity index (χ1v) is 7.69. The van der Waals surface area contributed by atoms with Gasteiger partial charge in [-0.05, 0) is 43.4 Å². The number of fused-ring (bicyclic) bond motifs is 1. The number of rotatable bonds is 3. The van der Waals surface area contributed by atoms with Gasteiger partial charge in [0, 0.05) is 19.3 Å². The second-order valence-electron chi connectivity index (χ2n) is 6.41. The van der Waals surface area contributed by atoms with Crippen LogP contribution < -0.4 is 5.32 Å². The number of urea groups is 1. The summed E-state index contributed by atoms with van der Waals surface area (Å²) >= 11 is 0. The highest BCUT2D eigenvalue weighted by Gasteiger charge is 2.55. The van der Waals surface area contributed by atoms with Crippen molar-refractivity contribution < 1.29 is 14.7 Å². The van der Waals surface area contributed by atoms with Crippen molar-refractivity contribution in [3.8, 4) is 0 Å². The summed E-state index contributed by atoms with van der Waals surface area (Å²) in [6.07, 6.45) is 4.24. The van der Waals surface area contributed by atoms with Crippen molar-refractivity contribution in [1.29, 1.82) is 0 Å². The van der Waals surface area contributed by atoms with Crippen LogP contribution in [0.15, 0.2) is 18.3 Å². The number of hydrogen-bond acceptors (Lipinski definition) is 3. The number of carboxylic acids is 1. The molecule has 22 heavy (non-hydrogen) atoms. The molecule has 1 aliphatic carbocycles. The number of carbonyl (C=O) groups excluding carboxylic acids is 1. The summed E-state index contributed by atoms with van der Waals surface area (Å²) in [6, 6.07) is 3.64. The fraction of sp³-hybridized carbons (Fsp3) is 0.562. The van der Waals surface area contributed by atoms with E-state index in [-0.39, 0.29) is 11.9 Å². The number of hydrogen-bond donors (Lipinski definition) is 2. The molecular formula is C16H21N3O3. The predicted molar refractivity (Wildman–Crippen MR) is 80.2 cm³/mol. The van der Waals surface area contributed by atoms with Gasteiger partial charge in [0.2, 0.25) is 0 Å². The van der Waals surface area contributed by atoms with E-state index in [0.29, 0.717) is 26.1 Å². The first-order valence-electron chi connectivity index (χ1n) is 7.69. The Hall–Kier alpha value is -2.11. The van der Waals surface area contributed by atoms with Crippen molar-refractivity contribution >= 4 is 12.0 Å². The zero-order chi connectivity index (χ0) is 15.7. The lowest BCUT2D eigenvalue weighted by molar-refractivity contribution is -0.149. The average molecular weight is 303 g/mol. The first kappa shape index (κ1) is 14.8. The van der Waals surface area contributed by atoms with Gasteiger partial charge in [-0.25, -0.2) is 4.79 Å². The summed E-state index contributed by atoms with van der Waals surface area (Å²) in [4.78, 5) is 29.8. The Morgan fingerprint density at radius 1 is 1.55 bits per heavy atom. The van der Waals surface area contributed by atoms with E-state index >= 15 is 0 Å². The minimum atomic E-state index is -0.759. The van der Waals surface area contributed by atoms with Crippen LogP contribution >= 0.6 is 0 Å². The van der Waals surface area contributed by atoms with Crippen LogP contribution in [0.5, 0.6) is 0 Å². The van der Waals surface area contributed by atoms with Gasteiger partial charge in [0.25, 0.3) is 0 Å². The zero-order valence-electron chi connectivity index (χ0n) is 12.7. The molecule has 0 radical (unpaired) electrons. The molecule has 2 atom stereocenters. The summed E-state index contributed by atoms with van der Waals surface area (Å²) in [6.45, 7) is 3.20. The number of nitrogens with zero attached hydrogens (tertiary/aromatic N) is 2. The molecule has 118 valence electrons. The van der Waals surface area contributed by atoms with Crippen molar-refractivity contribution in [2.45, 2.75) is 32.7 Å². The highest BCUT2D eigenvalue weighted by molar-refractivity contribution is 5.80. The standard InChI is InChI=1S/C16H21N3O3/c1-11-4-6-17-13(7-11)8-18-15(22)19-9-12-3-2-5-16(12,10-19)14(20)21/h4,6-7,12H,2-3,5,8-10H2,1H3,(H,18,22)(H,20,21)/t12-,16+/m0/s1. The number of amides is 2. The molecule has 2 aliphatic rings. The highest BCUT2D eigenvalue weighted by atomic mass is 16.4. The number of likely N-dealkylation sites (tertiary alicyclic amines) is 1. The lowest BCUT2D eigenvalue weighted by Gasteiger charge is -2.23. The van der Waals surface area contributed by atoms with Gasteiger partial charge in [0.1, 0.15) is 0 Å². The van der Waals surface area contributed by atoms with E-state index in [1.54, 1.807) is 11.1 Å². The Labute approximate surface area is 129 Å². The van der Waals surface area contributed by atoms with E-state index in [2.05, 4.69) is 10.3 Å². The van der Waals surface area contributed by atoms with Crippen molar-refractivity contribution in [2.75, 3.05) is 13.1 Å². The number of aryl methyl sites for hydroxylation is 1.